The van der Waals surface area contributed by atoms with Crippen LogP contribution in [0.5, 0.6) is 5.75 Å². The Kier molecular flexibility index (Phi) is 7.16. The van der Waals surface area contributed by atoms with Crippen molar-refractivity contribution >= 4 is 28.0 Å². The molecule has 4 rings (SSSR count). The molecule has 3 aliphatic rings. The van der Waals surface area contributed by atoms with E-state index in [1.807, 2.05) is 0 Å². The van der Waals surface area contributed by atoms with Gasteiger partial charge >= 0.3 is 24.1 Å². The van der Waals surface area contributed by atoms with Crippen molar-refractivity contribution in [3.05, 3.63) is 29.3 Å². The zero-order valence-corrected chi connectivity index (χ0v) is 21.2. The fraction of sp³-hybridized carbons (Fsp3) is 0.609. The molecule has 0 radical (unpaired) electrons. The molecule has 1 N–H and O–H groups in total. The summed E-state index contributed by atoms with van der Waals surface area (Å²) in [5.74, 6) is -6.69. The molecule has 15 heteroatoms. The number of fused-ring (bicyclic) bond motifs is 1. The topological polar surface area (TPSA) is 152 Å². The van der Waals surface area contributed by atoms with E-state index in [1.54, 1.807) is 20.8 Å². The molecule has 0 saturated carbocycles. The molecule has 1 aromatic carbocycles. The molecule has 0 aliphatic carbocycles. The number of halogens is 3. The summed E-state index contributed by atoms with van der Waals surface area (Å²) < 4.78 is 98.0. The van der Waals surface area contributed by atoms with Gasteiger partial charge in [-0.2, -0.15) is 21.6 Å². The Morgan fingerprint density at radius 3 is 2.42 bits per heavy atom. The van der Waals surface area contributed by atoms with Crippen LogP contribution in [-0.2, 0) is 44.8 Å². The average Bonchev–Trinajstić information content (AvgIpc) is 3.41. The molecule has 3 aliphatic heterocycles. The van der Waals surface area contributed by atoms with Gasteiger partial charge in [-0.1, -0.05) is 6.92 Å². The van der Waals surface area contributed by atoms with Gasteiger partial charge < -0.3 is 23.7 Å². The maximum absolute atomic E-state index is 13.5. The summed E-state index contributed by atoms with van der Waals surface area (Å²) in [6, 6.07) is 2.51. The second-order valence-electron chi connectivity index (χ2n) is 9.77. The molecule has 6 unspecified atom stereocenters. The van der Waals surface area contributed by atoms with Crippen molar-refractivity contribution in [1.82, 2.24) is 0 Å². The molecular weight excluding hydrogens is 541 g/mol. The Hall–Kier alpha value is -2.91. The normalized spacial score (nSPS) is 28.2. The van der Waals surface area contributed by atoms with E-state index in [9.17, 15) is 36.0 Å². The minimum atomic E-state index is -4.75. The van der Waals surface area contributed by atoms with E-state index in [2.05, 4.69) is 0 Å². The Morgan fingerprint density at radius 2 is 1.82 bits per heavy atom. The van der Waals surface area contributed by atoms with Gasteiger partial charge in [-0.15, -0.1) is 0 Å². The number of rotatable bonds is 9. The number of ether oxygens (including phenoxy) is 5. The average molecular weight is 567 g/mol. The van der Waals surface area contributed by atoms with E-state index in [-0.39, 0.29) is 5.56 Å². The van der Waals surface area contributed by atoms with Crippen LogP contribution in [0.15, 0.2) is 18.2 Å². The van der Waals surface area contributed by atoms with Crippen molar-refractivity contribution in [3.63, 3.8) is 0 Å². The number of esters is 3. The number of benzene rings is 1. The quantitative estimate of drug-likeness (QED) is 0.266. The first-order chi connectivity index (χ1) is 17.5. The predicted octanol–water partition coefficient (Wildman–Crippen LogP) is 2.17. The minimum Gasteiger partial charge on any atom is -0.487 e. The molecule has 0 aromatic heterocycles. The van der Waals surface area contributed by atoms with Gasteiger partial charge in [-0.25, -0.2) is 4.79 Å². The van der Waals surface area contributed by atoms with E-state index < -0.39 is 99.7 Å². The van der Waals surface area contributed by atoms with Gasteiger partial charge in [0.25, 0.3) is 10.1 Å². The SMILES string of the molecule is CCC(C)(C)Oc1cc(C(=O)OC2C3OC(=O)C4C3OC2C4C(=O)OCCS(=O)(=O)O)ccc1C(F)(F)F. The van der Waals surface area contributed by atoms with Gasteiger partial charge in [0.1, 0.15) is 47.8 Å². The molecule has 3 heterocycles. The largest absolute Gasteiger partial charge is 0.487 e. The van der Waals surface area contributed by atoms with Crippen molar-refractivity contribution in [1.29, 1.82) is 0 Å². The third-order valence-corrected chi connectivity index (χ3v) is 7.45. The van der Waals surface area contributed by atoms with Crippen LogP contribution < -0.4 is 4.74 Å². The Balaban J connectivity index is 1.54. The molecular formula is C23H25F3O11S. The van der Waals surface area contributed by atoms with Gasteiger partial charge in [-0.05, 0) is 38.5 Å². The summed E-state index contributed by atoms with van der Waals surface area (Å²) in [5, 5.41) is 0. The fourth-order valence-corrected chi connectivity index (χ4v) is 4.91. The third-order valence-electron chi connectivity index (χ3n) is 6.77. The Labute approximate surface area is 215 Å². The highest BCUT2D eigenvalue weighted by Gasteiger charge is 2.72. The highest BCUT2D eigenvalue weighted by Crippen LogP contribution is 2.51. The molecule has 11 nitrogen and oxygen atoms in total. The predicted molar refractivity (Wildman–Crippen MR) is 119 cm³/mol. The van der Waals surface area contributed by atoms with Gasteiger partial charge in [0, 0.05) is 0 Å². The van der Waals surface area contributed by atoms with Crippen LogP contribution in [0.4, 0.5) is 13.2 Å². The summed E-state index contributed by atoms with van der Waals surface area (Å²) in [6.45, 7) is 4.21. The van der Waals surface area contributed by atoms with Crippen molar-refractivity contribution in [2.24, 2.45) is 11.8 Å². The molecule has 6 atom stereocenters. The first-order valence-corrected chi connectivity index (χ1v) is 13.2. The molecule has 38 heavy (non-hydrogen) atoms. The van der Waals surface area contributed by atoms with Crippen LogP contribution >= 0.6 is 0 Å². The number of hydrogen-bond acceptors (Lipinski definition) is 10. The van der Waals surface area contributed by atoms with Crippen molar-refractivity contribution in [3.8, 4) is 5.75 Å². The molecule has 3 fully saturated rings. The Morgan fingerprint density at radius 1 is 1.13 bits per heavy atom. The van der Waals surface area contributed by atoms with E-state index >= 15 is 0 Å². The van der Waals surface area contributed by atoms with Crippen LogP contribution in [-0.4, -0.2) is 73.3 Å². The number of hydrogen-bond donors (Lipinski definition) is 1. The van der Waals surface area contributed by atoms with Crippen LogP contribution in [0, 0.1) is 11.8 Å². The van der Waals surface area contributed by atoms with Crippen molar-refractivity contribution in [2.75, 3.05) is 12.4 Å². The second-order valence-corrected chi connectivity index (χ2v) is 11.3. The maximum atomic E-state index is 13.5. The second kappa shape index (κ2) is 9.68. The molecule has 0 amide bonds. The Bertz CT molecular complexity index is 1240. The van der Waals surface area contributed by atoms with Gasteiger partial charge in [0.05, 0.1) is 11.1 Å². The summed E-state index contributed by atoms with van der Waals surface area (Å²) in [7, 11) is -4.41. The standard InChI is InChI=1S/C23H25F3O11S/c1-4-22(2,3)37-12-9-10(5-6-11(12)23(24,25)26)19(27)35-17-15-13(20(28)33-7-8-38(30,31)32)14-16(34-15)18(17)36-21(14)29/h5-6,9,13-18H,4,7-8H2,1-3H3,(H,30,31,32). The maximum Gasteiger partial charge on any atom is 0.419 e. The summed E-state index contributed by atoms with van der Waals surface area (Å²) in [6.07, 6.45) is -8.84. The molecule has 3 saturated heterocycles. The van der Waals surface area contributed by atoms with Crippen LogP contribution in [0.2, 0.25) is 0 Å². The summed E-state index contributed by atoms with van der Waals surface area (Å²) >= 11 is 0. The number of carbonyl (C=O) groups is 3. The summed E-state index contributed by atoms with van der Waals surface area (Å²) in [5.41, 5.74) is -2.34. The first kappa shape index (κ1) is 28.1. The zero-order valence-electron chi connectivity index (χ0n) is 20.4. The third kappa shape index (κ3) is 5.45. The number of carbonyl (C=O) groups excluding carboxylic acids is 3. The summed E-state index contributed by atoms with van der Waals surface area (Å²) in [4.78, 5) is 38.0. The van der Waals surface area contributed by atoms with E-state index in [4.69, 9.17) is 28.2 Å². The molecule has 1 aromatic rings. The smallest absolute Gasteiger partial charge is 0.419 e. The van der Waals surface area contributed by atoms with Crippen molar-refractivity contribution in [2.45, 2.75) is 63.4 Å². The van der Waals surface area contributed by atoms with Gasteiger partial charge in [0.2, 0.25) is 0 Å². The highest BCUT2D eigenvalue weighted by atomic mass is 32.2. The van der Waals surface area contributed by atoms with Crippen molar-refractivity contribution < 1.29 is 64.2 Å². The lowest BCUT2D eigenvalue weighted by molar-refractivity contribution is -0.155. The van der Waals surface area contributed by atoms with Crippen LogP contribution in [0.1, 0.15) is 43.1 Å². The lowest BCUT2D eigenvalue weighted by Gasteiger charge is -2.28. The molecule has 0 spiro atoms. The first-order valence-electron chi connectivity index (χ1n) is 11.6. The highest BCUT2D eigenvalue weighted by molar-refractivity contribution is 7.85. The lowest BCUT2D eigenvalue weighted by atomic mass is 9.78. The van der Waals surface area contributed by atoms with Gasteiger partial charge in [0.15, 0.2) is 12.2 Å². The zero-order chi connectivity index (χ0) is 28.2. The molecule has 210 valence electrons. The van der Waals surface area contributed by atoms with Crippen LogP contribution in [0.3, 0.4) is 0 Å². The minimum absolute atomic E-state index is 0.282. The monoisotopic (exact) mass is 566 g/mol. The molecule has 2 bridgehead atoms. The number of alkyl halides is 3. The lowest BCUT2D eigenvalue weighted by Crippen LogP contribution is -2.48. The fourth-order valence-electron chi connectivity index (χ4n) is 4.61. The van der Waals surface area contributed by atoms with Crippen LogP contribution in [0.25, 0.3) is 0 Å². The van der Waals surface area contributed by atoms with Gasteiger partial charge in [-0.3, -0.25) is 14.1 Å². The van der Waals surface area contributed by atoms with E-state index in [0.29, 0.717) is 12.5 Å². The van der Waals surface area contributed by atoms with E-state index in [1.165, 1.54) is 0 Å². The van der Waals surface area contributed by atoms with E-state index in [0.717, 1.165) is 12.1 Å².